The molecule has 102 valence electrons. The Labute approximate surface area is 112 Å². The molecular formula is C13H18N4O2. The van der Waals surface area contributed by atoms with Gasteiger partial charge in [-0.2, -0.15) is 0 Å². The number of hydrogen-bond donors (Lipinski definition) is 2. The number of carbonyl (C=O) groups excluding carboxylic acids is 1. The molecular weight excluding hydrogens is 244 g/mol. The monoisotopic (exact) mass is 262 g/mol. The van der Waals surface area contributed by atoms with Crippen LogP contribution in [0.1, 0.15) is 25.7 Å². The summed E-state index contributed by atoms with van der Waals surface area (Å²) in [5.41, 5.74) is 0. The first-order chi connectivity index (χ1) is 9.28. The number of nitrogens with zero attached hydrogens (tertiary/aromatic N) is 2. The molecule has 1 fully saturated rings. The minimum absolute atomic E-state index is 0.00568. The van der Waals surface area contributed by atoms with Gasteiger partial charge in [0.2, 0.25) is 5.91 Å². The largest absolute Gasteiger partial charge is 0.381 e. The van der Waals surface area contributed by atoms with Gasteiger partial charge in [-0.05, 0) is 31.6 Å². The van der Waals surface area contributed by atoms with Gasteiger partial charge in [0, 0.05) is 19.5 Å². The molecule has 0 spiro atoms. The first-order valence-corrected chi connectivity index (χ1v) is 6.69. The summed E-state index contributed by atoms with van der Waals surface area (Å²) in [6.45, 7) is 0. The molecule has 0 radical (unpaired) electrons. The summed E-state index contributed by atoms with van der Waals surface area (Å²) in [5, 5.41) is 6.05. The first kappa shape index (κ1) is 12.3. The lowest BCUT2D eigenvalue weighted by Gasteiger charge is -2.35. The van der Waals surface area contributed by atoms with Gasteiger partial charge >= 0.3 is 0 Å². The minimum atomic E-state index is -0.206. The maximum atomic E-state index is 12.1. The third kappa shape index (κ3) is 2.40. The van der Waals surface area contributed by atoms with Crippen LogP contribution in [0, 0.1) is 5.92 Å². The van der Waals surface area contributed by atoms with E-state index < -0.39 is 0 Å². The van der Waals surface area contributed by atoms with E-state index in [0.717, 1.165) is 25.7 Å². The van der Waals surface area contributed by atoms with Crippen LogP contribution >= 0.6 is 0 Å². The number of amides is 1. The Morgan fingerprint density at radius 3 is 2.53 bits per heavy atom. The van der Waals surface area contributed by atoms with E-state index in [4.69, 9.17) is 4.74 Å². The molecule has 0 bridgehead atoms. The maximum Gasteiger partial charge on any atom is 0.248 e. The molecule has 19 heavy (non-hydrogen) atoms. The molecule has 1 aromatic rings. The topological polar surface area (TPSA) is 76.1 Å². The molecule has 1 unspecified atom stereocenters. The van der Waals surface area contributed by atoms with E-state index in [9.17, 15) is 4.79 Å². The summed E-state index contributed by atoms with van der Waals surface area (Å²) < 4.78 is 5.37. The lowest BCUT2D eigenvalue weighted by atomic mass is 9.81. The number of methoxy groups -OCH3 is 1. The molecule has 2 N–H and O–H groups in total. The van der Waals surface area contributed by atoms with Crippen LogP contribution in [-0.2, 0) is 9.53 Å². The second kappa shape index (κ2) is 5.13. The molecule has 0 aromatic carbocycles. The number of carbonyl (C=O) groups is 1. The van der Waals surface area contributed by atoms with Crippen molar-refractivity contribution in [2.24, 2.45) is 5.92 Å². The van der Waals surface area contributed by atoms with Crippen LogP contribution in [0.15, 0.2) is 12.4 Å². The van der Waals surface area contributed by atoms with Crippen LogP contribution in [-0.4, -0.2) is 35.1 Å². The van der Waals surface area contributed by atoms with Gasteiger partial charge in [0.15, 0.2) is 11.6 Å². The zero-order valence-electron chi connectivity index (χ0n) is 10.9. The molecule has 1 amide bonds. The molecule has 3 rings (SSSR count). The van der Waals surface area contributed by atoms with Gasteiger partial charge in [0.05, 0.1) is 6.10 Å². The Morgan fingerprint density at radius 2 is 1.84 bits per heavy atom. The molecule has 0 saturated heterocycles. The SMILES string of the molecule is COC1CCC(C2Nc3nccnc3NC2=O)CC1. The predicted octanol–water partition coefficient (Wildman–Crippen LogP) is 1.41. The standard InChI is InChI=1S/C13H18N4O2/c1-19-9-4-2-8(3-5-9)10-13(18)17-12-11(16-10)14-6-7-15-12/h6-10H,2-5H2,1H3,(H,14,16)(H,15,17,18). The number of hydrogen-bond acceptors (Lipinski definition) is 5. The van der Waals surface area contributed by atoms with E-state index in [2.05, 4.69) is 20.6 Å². The Balaban J connectivity index is 1.71. The summed E-state index contributed by atoms with van der Waals surface area (Å²) in [7, 11) is 1.75. The van der Waals surface area contributed by atoms with Crippen molar-refractivity contribution in [2.45, 2.75) is 37.8 Å². The highest BCUT2D eigenvalue weighted by atomic mass is 16.5. The molecule has 1 atom stereocenters. The molecule has 2 heterocycles. The number of fused-ring (bicyclic) bond motifs is 1. The van der Waals surface area contributed by atoms with Crippen LogP contribution in [0.5, 0.6) is 0 Å². The summed E-state index contributed by atoms with van der Waals surface area (Å²) in [6, 6.07) is -0.206. The molecule has 1 aliphatic heterocycles. The van der Waals surface area contributed by atoms with Crippen molar-refractivity contribution in [3.8, 4) is 0 Å². The molecule has 6 nitrogen and oxygen atoms in total. The number of rotatable bonds is 2. The minimum Gasteiger partial charge on any atom is -0.381 e. The Morgan fingerprint density at radius 1 is 1.16 bits per heavy atom. The first-order valence-electron chi connectivity index (χ1n) is 6.69. The van der Waals surface area contributed by atoms with Crippen molar-refractivity contribution in [3.05, 3.63) is 12.4 Å². The molecule has 1 aromatic heterocycles. The van der Waals surface area contributed by atoms with Crippen LogP contribution in [0.3, 0.4) is 0 Å². The van der Waals surface area contributed by atoms with Crippen LogP contribution in [0.25, 0.3) is 0 Å². The normalized spacial score (nSPS) is 30.2. The van der Waals surface area contributed by atoms with E-state index in [0.29, 0.717) is 23.7 Å². The van der Waals surface area contributed by atoms with E-state index in [-0.39, 0.29) is 11.9 Å². The van der Waals surface area contributed by atoms with Crippen molar-refractivity contribution >= 4 is 17.5 Å². The number of nitrogens with one attached hydrogen (secondary N) is 2. The summed E-state index contributed by atoms with van der Waals surface area (Å²) in [5.74, 6) is 1.52. The zero-order valence-corrected chi connectivity index (χ0v) is 10.9. The number of ether oxygens (including phenoxy) is 1. The van der Waals surface area contributed by atoms with Crippen LogP contribution in [0.2, 0.25) is 0 Å². The van der Waals surface area contributed by atoms with Gasteiger partial charge in [-0.1, -0.05) is 0 Å². The summed E-state index contributed by atoms with van der Waals surface area (Å²) in [4.78, 5) is 20.4. The van der Waals surface area contributed by atoms with Gasteiger partial charge in [0.1, 0.15) is 6.04 Å². The van der Waals surface area contributed by atoms with E-state index in [1.807, 2.05) is 0 Å². The lowest BCUT2D eigenvalue weighted by molar-refractivity contribution is -0.118. The summed E-state index contributed by atoms with van der Waals surface area (Å²) in [6.07, 6.45) is 7.57. The highest BCUT2D eigenvalue weighted by Crippen LogP contribution is 2.32. The highest BCUT2D eigenvalue weighted by Gasteiger charge is 2.35. The van der Waals surface area contributed by atoms with Crippen molar-refractivity contribution in [1.82, 2.24) is 9.97 Å². The molecule has 2 aliphatic rings. The molecule has 1 saturated carbocycles. The number of aromatic nitrogens is 2. The third-order valence-corrected chi connectivity index (χ3v) is 4.04. The van der Waals surface area contributed by atoms with Gasteiger partial charge in [0.25, 0.3) is 0 Å². The average molecular weight is 262 g/mol. The van der Waals surface area contributed by atoms with E-state index in [1.165, 1.54) is 0 Å². The van der Waals surface area contributed by atoms with Crippen molar-refractivity contribution in [1.29, 1.82) is 0 Å². The maximum absolute atomic E-state index is 12.1. The smallest absolute Gasteiger partial charge is 0.248 e. The fraction of sp³-hybridized carbons (Fsp3) is 0.615. The van der Waals surface area contributed by atoms with Gasteiger partial charge in [-0.25, -0.2) is 9.97 Å². The molecule has 1 aliphatic carbocycles. The van der Waals surface area contributed by atoms with Crippen molar-refractivity contribution < 1.29 is 9.53 Å². The Bertz CT molecular complexity index is 471. The van der Waals surface area contributed by atoms with Crippen molar-refractivity contribution in [3.63, 3.8) is 0 Å². The van der Waals surface area contributed by atoms with E-state index >= 15 is 0 Å². The zero-order chi connectivity index (χ0) is 13.2. The molecule has 6 heteroatoms. The third-order valence-electron chi connectivity index (χ3n) is 4.04. The highest BCUT2D eigenvalue weighted by molar-refractivity contribution is 6.01. The predicted molar refractivity (Wildman–Crippen MR) is 70.8 cm³/mol. The van der Waals surface area contributed by atoms with Crippen LogP contribution < -0.4 is 10.6 Å². The lowest BCUT2D eigenvalue weighted by Crippen LogP contribution is -2.46. The average Bonchev–Trinajstić information content (AvgIpc) is 2.47. The van der Waals surface area contributed by atoms with E-state index in [1.54, 1.807) is 19.5 Å². The fourth-order valence-electron chi connectivity index (χ4n) is 2.93. The second-order valence-corrected chi connectivity index (χ2v) is 5.14. The quantitative estimate of drug-likeness (QED) is 0.843. The van der Waals surface area contributed by atoms with Gasteiger partial charge < -0.3 is 15.4 Å². The van der Waals surface area contributed by atoms with Gasteiger partial charge in [-0.3, -0.25) is 4.79 Å². The Kier molecular flexibility index (Phi) is 3.33. The summed E-state index contributed by atoms with van der Waals surface area (Å²) >= 11 is 0. The van der Waals surface area contributed by atoms with Crippen molar-refractivity contribution in [2.75, 3.05) is 17.7 Å². The second-order valence-electron chi connectivity index (χ2n) is 5.14. The van der Waals surface area contributed by atoms with Crippen LogP contribution in [0.4, 0.5) is 11.6 Å². The van der Waals surface area contributed by atoms with Gasteiger partial charge in [-0.15, -0.1) is 0 Å². The fourth-order valence-corrected chi connectivity index (χ4v) is 2.93. The number of anilines is 2. The Hall–Kier alpha value is -1.69.